The van der Waals surface area contributed by atoms with Gasteiger partial charge in [0.05, 0.1) is 6.10 Å². The van der Waals surface area contributed by atoms with Crippen LogP contribution in [0.25, 0.3) is 0 Å². The van der Waals surface area contributed by atoms with Crippen LogP contribution in [0.2, 0.25) is 0 Å². The Morgan fingerprint density at radius 2 is 1.56 bits per heavy atom. The highest BCUT2D eigenvalue weighted by Crippen LogP contribution is 2.26. The second-order valence-corrected chi connectivity index (χ2v) is 4.70. The summed E-state index contributed by atoms with van der Waals surface area (Å²) in [6, 6.07) is 8.60. The lowest BCUT2D eigenvalue weighted by molar-refractivity contribution is 0.0646. The van der Waals surface area contributed by atoms with E-state index in [-0.39, 0.29) is 6.10 Å². The summed E-state index contributed by atoms with van der Waals surface area (Å²) >= 11 is 0. The molecular formula is C14H23NO. The number of rotatable bonds is 5. The summed E-state index contributed by atoms with van der Waals surface area (Å²) in [5, 5.41) is 0. The summed E-state index contributed by atoms with van der Waals surface area (Å²) < 4.78 is 5.50. The van der Waals surface area contributed by atoms with Gasteiger partial charge in [-0.25, -0.2) is 0 Å². The zero-order valence-corrected chi connectivity index (χ0v) is 10.7. The topological polar surface area (TPSA) is 35.2 Å². The fourth-order valence-electron chi connectivity index (χ4n) is 1.94. The third-order valence-electron chi connectivity index (χ3n) is 3.05. The van der Waals surface area contributed by atoms with Gasteiger partial charge in [0.25, 0.3) is 0 Å². The van der Waals surface area contributed by atoms with E-state index in [1.54, 1.807) is 7.11 Å². The predicted octanol–water partition coefficient (Wildman–Crippen LogP) is 3.09. The Kier molecular flexibility index (Phi) is 4.97. The van der Waals surface area contributed by atoms with E-state index in [0.29, 0.717) is 18.4 Å². The van der Waals surface area contributed by atoms with Gasteiger partial charge < -0.3 is 10.5 Å². The van der Waals surface area contributed by atoms with Crippen molar-refractivity contribution >= 4 is 0 Å². The van der Waals surface area contributed by atoms with Gasteiger partial charge in [-0.3, -0.25) is 0 Å². The number of methoxy groups -OCH3 is 1. The molecule has 1 aromatic carbocycles. The molecule has 1 rings (SSSR count). The average Bonchev–Trinajstić information content (AvgIpc) is 2.29. The first-order valence-corrected chi connectivity index (χ1v) is 5.92. The molecule has 0 aliphatic carbocycles. The minimum absolute atomic E-state index is 0.183. The molecule has 0 aliphatic heterocycles. The molecule has 2 atom stereocenters. The van der Waals surface area contributed by atoms with Crippen molar-refractivity contribution in [3.8, 4) is 0 Å². The second kappa shape index (κ2) is 6.02. The Bertz CT molecular complexity index is 305. The van der Waals surface area contributed by atoms with Gasteiger partial charge in [0.1, 0.15) is 0 Å². The molecule has 0 aromatic heterocycles. The standard InChI is InChI=1S/C14H23NO/c1-10(2)14(16-4)13-7-5-12(6-8-13)11(3)9-15/h5-8,10-11,14H,9,15H2,1-4H3/t11-,14-/m1/s1. The molecule has 0 aliphatic rings. The molecule has 0 bridgehead atoms. The van der Waals surface area contributed by atoms with E-state index in [2.05, 4.69) is 45.0 Å². The lowest BCUT2D eigenvalue weighted by Gasteiger charge is -2.20. The Morgan fingerprint density at radius 3 is 1.94 bits per heavy atom. The number of benzene rings is 1. The maximum Gasteiger partial charge on any atom is 0.0844 e. The van der Waals surface area contributed by atoms with E-state index < -0.39 is 0 Å². The van der Waals surface area contributed by atoms with Crippen molar-refractivity contribution in [1.82, 2.24) is 0 Å². The first-order valence-electron chi connectivity index (χ1n) is 5.92. The van der Waals surface area contributed by atoms with Gasteiger partial charge in [0, 0.05) is 7.11 Å². The number of hydrogen-bond acceptors (Lipinski definition) is 2. The third kappa shape index (κ3) is 3.06. The zero-order chi connectivity index (χ0) is 12.1. The van der Waals surface area contributed by atoms with Crippen LogP contribution in [0.1, 0.15) is 43.9 Å². The minimum Gasteiger partial charge on any atom is -0.376 e. The molecule has 2 heteroatoms. The monoisotopic (exact) mass is 221 g/mol. The molecule has 90 valence electrons. The fraction of sp³-hybridized carbons (Fsp3) is 0.571. The molecule has 0 saturated heterocycles. The van der Waals surface area contributed by atoms with Gasteiger partial charge in [-0.1, -0.05) is 45.0 Å². The van der Waals surface area contributed by atoms with Crippen LogP contribution in [0.15, 0.2) is 24.3 Å². The predicted molar refractivity (Wildman–Crippen MR) is 68.5 cm³/mol. The van der Waals surface area contributed by atoms with Gasteiger partial charge in [-0.05, 0) is 29.5 Å². The Hall–Kier alpha value is -0.860. The molecule has 0 fully saturated rings. The van der Waals surface area contributed by atoms with E-state index in [9.17, 15) is 0 Å². The highest BCUT2D eigenvalue weighted by Gasteiger charge is 2.14. The van der Waals surface area contributed by atoms with Crippen molar-refractivity contribution in [1.29, 1.82) is 0 Å². The molecule has 0 radical (unpaired) electrons. The first-order chi connectivity index (χ1) is 7.60. The maximum atomic E-state index is 5.65. The molecule has 0 unspecified atom stereocenters. The van der Waals surface area contributed by atoms with Gasteiger partial charge in [0.15, 0.2) is 0 Å². The van der Waals surface area contributed by atoms with E-state index in [1.807, 2.05) is 0 Å². The lowest BCUT2D eigenvalue weighted by Crippen LogP contribution is -2.11. The summed E-state index contributed by atoms with van der Waals surface area (Å²) in [5.41, 5.74) is 8.19. The van der Waals surface area contributed by atoms with Crippen molar-refractivity contribution < 1.29 is 4.74 Å². The smallest absolute Gasteiger partial charge is 0.0844 e. The van der Waals surface area contributed by atoms with Crippen molar-refractivity contribution in [2.75, 3.05) is 13.7 Å². The molecule has 0 spiro atoms. The van der Waals surface area contributed by atoms with Crippen LogP contribution >= 0.6 is 0 Å². The van der Waals surface area contributed by atoms with Crippen LogP contribution in [-0.2, 0) is 4.74 Å². The zero-order valence-electron chi connectivity index (χ0n) is 10.7. The highest BCUT2D eigenvalue weighted by molar-refractivity contribution is 5.27. The molecule has 0 amide bonds. The Morgan fingerprint density at radius 1 is 1.06 bits per heavy atom. The molecule has 0 saturated carbocycles. The molecule has 16 heavy (non-hydrogen) atoms. The van der Waals surface area contributed by atoms with Crippen LogP contribution < -0.4 is 5.73 Å². The molecule has 2 nitrogen and oxygen atoms in total. The number of ether oxygens (including phenoxy) is 1. The molecular weight excluding hydrogens is 198 g/mol. The normalized spacial score (nSPS) is 15.1. The van der Waals surface area contributed by atoms with E-state index >= 15 is 0 Å². The summed E-state index contributed by atoms with van der Waals surface area (Å²) in [6.45, 7) is 7.18. The largest absolute Gasteiger partial charge is 0.376 e. The highest BCUT2D eigenvalue weighted by atomic mass is 16.5. The van der Waals surface area contributed by atoms with Crippen molar-refractivity contribution in [3.63, 3.8) is 0 Å². The maximum absolute atomic E-state index is 5.65. The minimum atomic E-state index is 0.183. The van der Waals surface area contributed by atoms with Gasteiger partial charge in [-0.2, -0.15) is 0 Å². The van der Waals surface area contributed by atoms with Crippen molar-refractivity contribution in [3.05, 3.63) is 35.4 Å². The molecule has 0 heterocycles. The first kappa shape index (κ1) is 13.2. The summed E-state index contributed by atoms with van der Waals surface area (Å²) in [5.74, 6) is 0.914. The third-order valence-corrected chi connectivity index (χ3v) is 3.05. The van der Waals surface area contributed by atoms with Gasteiger partial charge in [-0.15, -0.1) is 0 Å². The van der Waals surface area contributed by atoms with Crippen LogP contribution in [-0.4, -0.2) is 13.7 Å². The number of nitrogens with two attached hydrogens (primary N) is 1. The molecule has 2 N–H and O–H groups in total. The van der Waals surface area contributed by atoms with Crippen molar-refractivity contribution in [2.45, 2.75) is 32.8 Å². The van der Waals surface area contributed by atoms with Crippen LogP contribution in [0.4, 0.5) is 0 Å². The van der Waals surface area contributed by atoms with Gasteiger partial charge in [0.2, 0.25) is 0 Å². The van der Waals surface area contributed by atoms with Crippen LogP contribution in [0, 0.1) is 5.92 Å². The summed E-state index contributed by atoms with van der Waals surface area (Å²) in [4.78, 5) is 0. The van der Waals surface area contributed by atoms with Gasteiger partial charge >= 0.3 is 0 Å². The Balaban J connectivity index is 2.85. The molecule has 1 aromatic rings. The SMILES string of the molecule is CO[C@@H](c1ccc([C@H](C)CN)cc1)C(C)C. The summed E-state index contributed by atoms with van der Waals surface area (Å²) in [6.07, 6.45) is 0.183. The van der Waals surface area contributed by atoms with Crippen molar-refractivity contribution in [2.24, 2.45) is 11.7 Å². The van der Waals surface area contributed by atoms with E-state index in [4.69, 9.17) is 10.5 Å². The Labute approximate surface area is 98.8 Å². The second-order valence-electron chi connectivity index (χ2n) is 4.70. The fourth-order valence-corrected chi connectivity index (χ4v) is 1.94. The lowest BCUT2D eigenvalue weighted by atomic mass is 9.95. The number of hydrogen-bond donors (Lipinski definition) is 1. The average molecular weight is 221 g/mol. The van der Waals surface area contributed by atoms with Crippen LogP contribution in [0.3, 0.4) is 0 Å². The van der Waals surface area contributed by atoms with Crippen LogP contribution in [0.5, 0.6) is 0 Å². The van der Waals surface area contributed by atoms with E-state index in [0.717, 1.165) is 0 Å². The van der Waals surface area contributed by atoms with E-state index in [1.165, 1.54) is 11.1 Å². The quantitative estimate of drug-likeness (QED) is 0.829. The summed E-state index contributed by atoms with van der Waals surface area (Å²) in [7, 11) is 1.76.